The van der Waals surface area contributed by atoms with E-state index in [2.05, 4.69) is 20.8 Å². The molecule has 1 aliphatic carbocycles. The minimum atomic E-state index is -0.791. The number of rotatable bonds is 4. The molecule has 1 aromatic heterocycles. The smallest absolute Gasteiger partial charge is 0.315 e. The summed E-state index contributed by atoms with van der Waals surface area (Å²) in [6, 6.07) is -0.729. The first-order chi connectivity index (χ1) is 11.2. The SMILES string of the molecule is CC(NC(=O)NCC1(O)CCCCCC1)c1nc(C(C)(C)C)no1. The number of amides is 2. The summed E-state index contributed by atoms with van der Waals surface area (Å²) in [6.07, 6.45) is 5.79. The van der Waals surface area contributed by atoms with Crippen LogP contribution in [0.25, 0.3) is 0 Å². The van der Waals surface area contributed by atoms with E-state index in [9.17, 15) is 9.90 Å². The molecule has 1 saturated carbocycles. The van der Waals surface area contributed by atoms with E-state index < -0.39 is 11.6 Å². The number of hydrogen-bond donors (Lipinski definition) is 3. The van der Waals surface area contributed by atoms with Crippen LogP contribution in [-0.4, -0.2) is 33.4 Å². The lowest BCUT2D eigenvalue weighted by molar-refractivity contribution is 0.0276. The van der Waals surface area contributed by atoms with Gasteiger partial charge in [-0.1, -0.05) is 51.6 Å². The Labute approximate surface area is 143 Å². The summed E-state index contributed by atoms with van der Waals surface area (Å²) in [6.45, 7) is 8.06. The number of nitrogens with one attached hydrogen (secondary N) is 2. The van der Waals surface area contributed by atoms with Gasteiger partial charge in [0.05, 0.1) is 5.60 Å². The molecule has 1 aliphatic rings. The molecule has 1 unspecified atom stereocenters. The van der Waals surface area contributed by atoms with Gasteiger partial charge in [-0.3, -0.25) is 0 Å². The third kappa shape index (κ3) is 5.19. The molecule has 0 bridgehead atoms. The molecule has 7 heteroatoms. The number of urea groups is 1. The molecule has 0 aromatic carbocycles. The normalized spacial score (nSPS) is 19.4. The maximum atomic E-state index is 12.1. The lowest BCUT2D eigenvalue weighted by atomic mass is 9.94. The van der Waals surface area contributed by atoms with E-state index in [4.69, 9.17) is 4.52 Å². The lowest BCUT2D eigenvalue weighted by Gasteiger charge is -2.27. The molecule has 1 heterocycles. The van der Waals surface area contributed by atoms with Gasteiger partial charge in [0, 0.05) is 12.0 Å². The molecule has 0 radical (unpaired) electrons. The van der Waals surface area contributed by atoms with Crippen LogP contribution in [0.15, 0.2) is 4.52 Å². The van der Waals surface area contributed by atoms with Crippen molar-refractivity contribution in [1.29, 1.82) is 0 Å². The molecule has 3 N–H and O–H groups in total. The van der Waals surface area contributed by atoms with Crippen LogP contribution in [0.3, 0.4) is 0 Å². The summed E-state index contributed by atoms with van der Waals surface area (Å²) in [4.78, 5) is 16.4. The summed E-state index contributed by atoms with van der Waals surface area (Å²) in [5, 5.41) is 20.1. The molecular formula is C17H30N4O3. The largest absolute Gasteiger partial charge is 0.388 e. The Kier molecular flexibility index (Phi) is 5.85. The molecule has 1 aromatic rings. The predicted octanol–water partition coefficient (Wildman–Crippen LogP) is 2.81. The summed E-state index contributed by atoms with van der Waals surface area (Å²) in [7, 11) is 0. The zero-order valence-corrected chi connectivity index (χ0v) is 15.2. The fourth-order valence-electron chi connectivity index (χ4n) is 2.83. The van der Waals surface area contributed by atoms with Crippen molar-refractivity contribution in [3.05, 3.63) is 11.7 Å². The van der Waals surface area contributed by atoms with Crippen LogP contribution in [0.1, 0.15) is 84.0 Å². The van der Waals surface area contributed by atoms with Gasteiger partial charge in [0.25, 0.3) is 0 Å². The maximum absolute atomic E-state index is 12.1. The van der Waals surface area contributed by atoms with Crippen LogP contribution in [0.2, 0.25) is 0 Å². The van der Waals surface area contributed by atoms with Crippen molar-refractivity contribution in [2.75, 3.05) is 6.54 Å². The second-order valence-corrected chi connectivity index (χ2v) is 7.89. The van der Waals surface area contributed by atoms with Gasteiger partial charge >= 0.3 is 6.03 Å². The summed E-state index contributed by atoms with van der Waals surface area (Å²) in [5.41, 5.74) is -0.993. The Morgan fingerprint density at radius 1 is 1.29 bits per heavy atom. The summed E-state index contributed by atoms with van der Waals surface area (Å²) < 4.78 is 5.23. The highest BCUT2D eigenvalue weighted by atomic mass is 16.5. The van der Waals surface area contributed by atoms with Crippen molar-refractivity contribution in [1.82, 2.24) is 20.8 Å². The minimum absolute atomic E-state index is 0.202. The van der Waals surface area contributed by atoms with Gasteiger partial charge in [-0.15, -0.1) is 0 Å². The number of hydrogen-bond acceptors (Lipinski definition) is 5. The Balaban J connectivity index is 1.84. The Hall–Kier alpha value is -1.63. The second-order valence-electron chi connectivity index (χ2n) is 7.89. The van der Waals surface area contributed by atoms with Crippen molar-refractivity contribution in [3.8, 4) is 0 Å². The minimum Gasteiger partial charge on any atom is -0.388 e. The summed E-state index contributed by atoms with van der Waals surface area (Å²) in [5.74, 6) is 0.988. The van der Waals surface area contributed by atoms with Gasteiger partial charge < -0.3 is 20.3 Å². The zero-order valence-electron chi connectivity index (χ0n) is 15.2. The van der Waals surface area contributed by atoms with Crippen LogP contribution in [-0.2, 0) is 5.41 Å². The van der Waals surface area contributed by atoms with Crippen LogP contribution >= 0.6 is 0 Å². The number of carbonyl (C=O) groups excluding carboxylic acids is 1. The van der Waals surface area contributed by atoms with Crippen LogP contribution < -0.4 is 10.6 Å². The Morgan fingerprint density at radius 3 is 2.46 bits per heavy atom. The van der Waals surface area contributed by atoms with Gasteiger partial charge in [-0.05, 0) is 19.8 Å². The molecule has 0 spiro atoms. The molecular weight excluding hydrogens is 308 g/mol. The number of nitrogens with zero attached hydrogens (tertiary/aromatic N) is 2. The van der Waals surface area contributed by atoms with E-state index >= 15 is 0 Å². The lowest BCUT2D eigenvalue weighted by Crippen LogP contribution is -2.46. The van der Waals surface area contributed by atoms with E-state index in [1.165, 1.54) is 0 Å². The molecule has 1 fully saturated rings. The first-order valence-corrected chi connectivity index (χ1v) is 8.80. The molecule has 7 nitrogen and oxygen atoms in total. The number of aliphatic hydroxyl groups is 1. The fraction of sp³-hybridized carbons (Fsp3) is 0.824. The number of carbonyl (C=O) groups is 1. The molecule has 24 heavy (non-hydrogen) atoms. The second kappa shape index (κ2) is 7.51. The first-order valence-electron chi connectivity index (χ1n) is 8.80. The van der Waals surface area contributed by atoms with Crippen LogP contribution in [0, 0.1) is 0 Å². The van der Waals surface area contributed by atoms with Gasteiger partial charge in [0.15, 0.2) is 5.82 Å². The fourth-order valence-corrected chi connectivity index (χ4v) is 2.83. The quantitative estimate of drug-likeness (QED) is 0.733. The predicted molar refractivity (Wildman–Crippen MR) is 90.6 cm³/mol. The van der Waals surface area contributed by atoms with E-state index in [1.807, 2.05) is 20.8 Å². The van der Waals surface area contributed by atoms with Crippen molar-refractivity contribution in [2.24, 2.45) is 0 Å². The van der Waals surface area contributed by atoms with Gasteiger partial charge in [-0.25, -0.2) is 4.79 Å². The maximum Gasteiger partial charge on any atom is 0.315 e. The highest BCUT2D eigenvalue weighted by Crippen LogP contribution is 2.26. The monoisotopic (exact) mass is 338 g/mol. The van der Waals surface area contributed by atoms with Crippen LogP contribution in [0.4, 0.5) is 4.79 Å². The highest BCUT2D eigenvalue weighted by molar-refractivity contribution is 5.74. The van der Waals surface area contributed by atoms with Crippen molar-refractivity contribution >= 4 is 6.03 Å². The van der Waals surface area contributed by atoms with Crippen molar-refractivity contribution in [3.63, 3.8) is 0 Å². The van der Waals surface area contributed by atoms with E-state index in [-0.39, 0.29) is 18.0 Å². The van der Waals surface area contributed by atoms with Gasteiger partial charge in [0.2, 0.25) is 5.89 Å². The Bertz CT molecular complexity index is 542. The summed E-state index contributed by atoms with van der Waals surface area (Å²) >= 11 is 0. The van der Waals surface area contributed by atoms with Crippen molar-refractivity contribution < 1.29 is 14.4 Å². The molecule has 0 aliphatic heterocycles. The van der Waals surface area contributed by atoms with E-state index in [0.717, 1.165) is 38.5 Å². The first kappa shape index (κ1) is 18.7. The van der Waals surface area contributed by atoms with Crippen molar-refractivity contribution in [2.45, 2.75) is 83.3 Å². The zero-order chi connectivity index (χ0) is 17.8. The third-order valence-corrected chi connectivity index (χ3v) is 4.44. The molecule has 136 valence electrons. The number of aromatic nitrogens is 2. The molecule has 0 saturated heterocycles. The topological polar surface area (TPSA) is 100 Å². The van der Waals surface area contributed by atoms with Crippen LogP contribution in [0.5, 0.6) is 0 Å². The Morgan fingerprint density at radius 2 is 1.92 bits per heavy atom. The molecule has 1 atom stereocenters. The van der Waals surface area contributed by atoms with E-state index in [1.54, 1.807) is 6.92 Å². The van der Waals surface area contributed by atoms with Gasteiger partial charge in [-0.2, -0.15) is 4.98 Å². The van der Waals surface area contributed by atoms with Gasteiger partial charge in [0.1, 0.15) is 6.04 Å². The third-order valence-electron chi connectivity index (χ3n) is 4.44. The standard InChI is InChI=1S/C17H30N4O3/c1-12(13-20-14(21-24-13)16(2,3)4)19-15(22)18-11-17(23)9-7-5-6-8-10-17/h12,23H,5-11H2,1-4H3,(H2,18,19,22). The molecule has 2 rings (SSSR count). The van der Waals surface area contributed by atoms with E-state index in [0.29, 0.717) is 11.7 Å². The highest BCUT2D eigenvalue weighted by Gasteiger charge is 2.29. The average Bonchev–Trinajstić information content (AvgIpc) is 2.90. The molecule has 2 amide bonds. The average molecular weight is 338 g/mol.